The highest BCUT2D eigenvalue weighted by Crippen LogP contribution is 2.26. The molecule has 0 atom stereocenters. The second-order valence-electron chi connectivity index (χ2n) is 3.62. The van der Waals surface area contributed by atoms with Crippen molar-refractivity contribution in [3.63, 3.8) is 0 Å². The number of hydrogen-bond donors (Lipinski definition) is 1. The maximum Gasteiger partial charge on any atom is 0.207 e. The molecule has 0 amide bonds. The van der Waals surface area contributed by atoms with Gasteiger partial charge in [0.25, 0.3) is 0 Å². The number of halogens is 2. The lowest BCUT2D eigenvalue weighted by Gasteiger charge is -2.06. The maximum absolute atomic E-state index is 12.9. The molecule has 0 saturated carbocycles. The van der Waals surface area contributed by atoms with E-state index in [0.717, 1.165) is 0 Å². The van der Waals surface area contributed by atoms with Crippen LogP contribution in [0.1, 0.15) is 0 Å². The molecule has 0 fully saturated rings. The van der Waals surface area contributed by atoms with E-state index in [2.05, 4.69) is 15.0 Å². The van der Waals surface area contributed by atoms with Gasteiger partial charge in [0.1, 0.15) is 17.7 Å². The fourth-order valence-corrected chi connectivity index (χ4v) is 1.96. The van der Waals surface area contributed by atoms with E-state index in [4.69, 9.17) is 17.3 Å². The van der Waals surface area contributed by atoms with Crippen LogP contribution < -0.4 is 5.73 Å². The molecule has 3 rings (SSSR count). The number of imidazole rings is 1. The maximum atomic E-state index is 12.9. The van der Waals surface area contributed by atoms with Crippen molar-refractivity contribution in [1.29, 1.82) is 0 Å². The van der Waals surface area contributed by atoms with E-state index >= 15 is 0 Å². The fraction of sp³-hybridized carbons (Fsp3) is 0. The van der Waals surface area contributed by atoms with E-state index in [0.29, 0.717) is 16.9 Å². The van der Waals surface area contributed by atoms with E-state index in [1.165, 1.54) is 18.5 Å². The fourth-order valence-electron chi connectivity index (χ4n) is 1.75. The monoisotopic (exact) mass is 263 g/mol. The van der Waals surface area contributed by atoms with Crippen LogP contribution in [0.2, 0.25) is 5.15 Å². The molecule has 0 aliphatic heterocycles. The molecule has 90 valence electrons. The summed E-state index contributed by atoms with van der Waals surface area (Å²) in [6, 6.07) is 5.82. The summed E-state index contributed by atoms with van der Waals surface area (Å²) in [6.45, 7) is 0. The minimum Gasteiger partial charge on any atom is -0.369 e. The van der Waals surface area contributed by atoms with Gasteiger partial charge in [0.2, 0.25) is 5.95 Å². The standard InChI is InChI=1S/C11H7ClFN5/c12-9-8-10(16-5-15-9)17-11(14)18(8)7-3-1-6(13)2-4-7/h1-5H,(H2,14,15,16,17). The van der Waals surface area contributed by atoms with Crippen LogP contribution in [0.25, 0.3) is 16.9 Å². The van der Waals surface area contributed by atoms with E-state index < -0.39 is 0 Å². The number of nitrogens with zero attached hydrogens (tertiary/aromatic N) is 4. The lowest BCUT2D eigenvalue weighted by molar-refractivity contribution is 0.627. The van der Waals surface area contributed by atoms with Crippen LogP contribution >= 0.6 is 11.6 Å². The van der Waals surface area contributed by atoms with Crippen molar-refractivity contribution >= 4 is 28.7 Å². The van der Waals surface area contributed by atoms with Crippen LogP contribution in [0.15, 0.2) is 30.6 Å². The molecule has 5 nitrogen and oxygen atoms in total. The highest BCUT2D eigenvalue weighted by atomic mass is 35.5. The lowest BCUT2D eigenvalue weighted by atomic mass is 10.3. The Morgan fingerprint density at radius 1 is 1.17 bits per heavy atom. The number of nitrogen functional groups attached to an aromatic ring is 1. The summed E-state index contributed by atoms with van der Waals surface area (Å²) in [6.07, 6.45) is 1.31. The topological polar surface area (TPSA) is 69.6 Å². The Hall–Kier alpha value is -2.21. The molecule has 0 aliphatic rings. The summed E-state index contributed by atoms with van der Waals surface area (Å²) >= 11 is 6.02. The Balaban J connectivity index is 2.34. The summed E-state index contributed by atoms with van der Waals surface area (Å²) < 4.78 is 14.5. The molecule has 0 aliphatic carbocycles. The van der Waals surface area contributed by atoms with Crippen molar-refractivity contribution in [2.24, 2.45) is 0 Å². The molecular weight excluding hydrogens is 257 g/mol. The molecule has 3 aromatic rings. The third-order valence-electron chi connectivity index (χ3n) is 2.52. The molecule has 0 bridgehead atoms. The molecule has 2 heterocycles. The lowest BCUT2D eigenvalue weighted by Crippen LogP contribution is -2.01. The summed E-state index contributed by atoms with van der Waals surface area (Å²) in [7, 11) is 0. The number of fused-ring (bicyclic) bond motifs is 1. The first kappa shape index (κ1) is 10.9. The minimum absolute atomic E-state index is 0.221. The summed E-state index contributed by atoms with van der Waals surface area (Å²) in [5.41, 5.74) is 7.37. The summed E-state index contributed by atoms with van der Waals surface area (Å²) in [5, 5.41) is 0.244. The van der Waals surface area contributed by atoms with E-state index in [1.54, 1.807) is 16.7 Å². The molecular formula is C11H7ClFN5. The zero-order chi connectivity index (χ0) is 12.7. The van der Waals surface area contributed by atoms with Crippen LogP contribution in [0, 0.1) is 5.82 Å². The first-order chi connectivity index (χ1) is 8.66. The molecule has 2 N–H and O–H groups in total. The number of hydrogen-bond acceptors (Lipinski definition) is 4. The highest BCUT2D eigenvalue weighted by molar-refractivity contribution is 6.33. The highest BCUT2D eigenvalue weighted by Gasteiger charge is 2.14. The Morgan fingerprint density at radius 3 is 2.61 bits per heavy atom. The molecule has 0 spiro atoms. The van der Waals surface area contributed by atoms with Gasteiger partial charge in [-0.25, -0.2) is 14.4 Å². The van der Waals surface area contributed by atoms with Crippen LogP contribution in [0.5, 0.6) is 0 Å². The van der Waals surface area contributed by atoms with Crippen LogP contribution in [0.4, 0.5) is 10.3 Å². The van der Waals surface area contributed by atoms with Gasteiger partial charge in [-0.2, -0.15) is 4.98 Å². The average molecular weight is 264 g/mol. The van der Waals surface area contributed by atoms with E-state index in [-0.39, 0.29) is 16.9 Å². The van der Waals surface area contributed by atoms with Crippen molar-refractivity contribution in [3.05, 3.63) is 41.6 Å². The minimum atomic E-state index is -0.330. The van der Waals surface area contributed by atoms with E-state index in [1.807, 2.05) is 0 Å². The van der Waals surface area contributed by atoms with Crippen molar-refractivity contribution in [2.45, 2.75) is 0 Å². The Morgan fingerprint density at radius 2 is 1.89 bits per heavy atom. The Bertz CT molecular complexity index is 722. The molecule has 7 heteroatoms. The number of benzene rings is 1. The van der Waals surface area contributed by atoms with Crippen molar-refractivity contribution in [2.75, 3.05) is 5.73 Å². The molecule has 18 heavy (non-hydrogen) atoms. The zero-order valence-corrected chi connectivity index (χ0v) is 9.76. The quantitative estimate of drug-likeness (QED) is 0.683. The van der Waals surface area contributed by atoms with Gasteiger partial charge in [0.15, 0.2) is 10.8 Å². The van der Waals surface area contributed by atoms with Crippen LogP contribution in [-0.4, -0.2) is 19.5 Å². The van der Waals surface area contributed by atoms with Gasteiger partial charge >= 0.3 is 0 Å². The van der Waals surface area contributed by atoms with Gasteiger partial charge in [-0.05, 0) is 24.3 Å². The summed E-state index contributed by atoms with van der Waals surface area (Å²) in [5.74, 6) is -0.108. The summed E-state index contributed by atoms with van der Waals surface area (Å²) in [4.78, 5) is 12.0. The van der Waals surface area contributed by atoms with Crippen molar-refractivity contribution < 1.29 is 4.39 Å². The molecule has 2 aromatic heterocycles. The smallest absolute Gasteiger partial charge is 0.207 e. The number of nitrogens with two attached hydrogens (primary N) is 1. The third-order valence-corrected chi connectivity index (χ3v) is 2.79. The second-order valence-corrected chi connectivity index (χ2v) is 3.98. The Kier molecular flexibility index (Phi) is 2.38. The SMILES string of the molecule is Nc1nc2ncnc(Cl)c2n1-c1ccc(F)cc1. The molecule has 0 radical (unpaired) electrons. The zero-order valence-electron chi connectivity index (χ0n) is 9.01. The second kappa shape index (κ2) is 3.92. The van der Waals surface area contributed by atoms with Gasteiger partial charge in [-0.1, -0.05) is 11.6 Å². The van der Waals surface area contributed by atoms with E-state index in [9.17, 15) is 4.39 Å². The van der Waals surface area contributed by atoms with Gasteiger partial charge in [-0.15, -0.1) is 0 Å². The molecule has 0 saturated heterocycles. The number of aromatic nitrogens is 4. The van der Waals surface area contributed by atoms with Gasteiger partial charge in [-0.3, -0.25) is 4.57 Å². The van der Waals surface area contributed by atoms with Gasteiger partial charge in [0, 0.05) is 5.69 Å². The third kappa shape index (κ3) is 1.58. The van der Waals surface area contributed by atoms with Crippen LogP contribution in [0.3, 0.4) is 0 Å². The first-order valence-corrected chi connectivity index (χ1v) is 5.45. The average Bonchev–Trinajstić information content (AvgIpc) is 2.68. The molecule has 1 aromatic carbocycles. The van der Waals surface area contributed by atoms with Gasteiger partial charge in [0.05, 0.1) is 0 Å². The number of anilines is 1. The van der Waals surface area contributed by atoms with Crippen molar-refractivity contribution in [1.82, 2.24) is 19.5 Å². The Labute approximate surface area is 106 Å². The normalized spacial score (nSPS) is 11.0. The number of rotatable bonds is 1. The van der Waals surface area contributed by atoms with Crippen molar-refractivity contribution in [3.8, 4) is 5.69 Å². The van der Waals surface area contributed by atoms with Gasteiger partial charge < -0.3 is 5.73 Å². The predicted molar refractivity (Wildman–Crippen MR) is 66.0 cm³/mol. The largest absolute Gasteiger partial charge is 0.369 e. The van der Waals surface area contributed by atoms with Crippen LogP contribution in [-0.2, 0) is 0 Å². The first-order valence-electron chi connectivity index (χ1n) is 5.07. The predicted octanol–water partition coefficient (Wildman–Crippen LogP) is 2.19. The molecule has 0 unspecified atom stereocenters.